The maximum atomic E-state index is 14.0. The quantitative estimate of drug-likeness (QED) is 0.413. The molecule has 0 bridgehead atoms. The van der Waals surface area contributed by atoms with Crippen LogP contribution in [0.1, 0.15) is 55.8 Å². The number of nitrogens with zero attached hydrogens (tertiary/aromatic N) is 6. The third-order valence-electron chi connectivity index (χ3n) is 7.41. The number of hydrogen-bond donors (Lipinski definition) is 1. The SMILES string of the molecule is C[C@H]1CCCN(Cc2cnc(CNc3cccc(N(c4nncn4C)C4CCC4)c3)c(C(F)(F)F)c2)C1. The van der Waals surface area contributed by atoms with Crippen LogP contribution < -0.4 is 10.2 Å². The lowest BCUT2D eigenvalue weighted by Gasteiger charge is -2.38. The average molecular weight is 514 g/mol. The van der Waals surface area contributed by atoms with Crippen molar-refractivity contribution in [1.82, 2.24) is 24.6 Å². The summed E-state index contributed by atoms with van der Waals surface area (Å²) in [5.41, 5.74) is 1.59. The molecule has 1 aliphatic heterocycles. The summed E-state index contributed by atoms with van der Waals surface area (Å²) in [7, 11) is 1.91. The van der Waals surface area contributed by atoms with E-state index in [0.29, 0.717) is 24.1 Å². The Balaban J connectivity index is 1.33. The van der Waals surface area contributed by atoms with E-state index in [9.17, 15) is 13.2 Å². The second-order valence-corrected chi connectivity index (χ2v) is 10.4. The van der Waals surface area contributed by atoms with Gasteiger partial charge in [0.05, 0.1) is 17.8 Å². The molecule has 1 N–H and O–H groups in total. The number of pyridine rings is 1. The molecule has 198 valence electrons. The van der Waals surface area contributed by atoms with E-state index in [-0.39, 0.29) is 12.2 Å². The van der Waals surface area contributed by atoms with E-state index in [1.807, 2.05) is 35.9 Å². The molecule has 1 saturated heterocycles. The Morgan fingerprint density at radius 2 is 1.97 bits per heavy atom. The van der Waals surface area contributed by atoms with Crippen LogP contribution in [0.25, 0.3) is 0 Å². The first-order valence-electron chi connectivity index (χ1n) is 13.0. The fourth-order valence-electron chi connectivity index (χ4n) is 5.28. The first-order chi connectivity index (χ1) is 17.8. The number of anilines is 3. The van der Waals surface area contributed by atoms with Crippen molar-refractivity contribution in [2.45, 2.75) is 64.3 Å². The van der Waals surface area contributed by atoms with E-state index < -0.39 is 11.7 Å². The van der Waals surface area contributed by atoms with E-state index in [1.165, 1.54) is 12.5 Å². The van der Waals surface area contributed by atoms with Crippen LogP contribution in [0.15, 0.2) is 42.9 Å². The predicted octanol–water partition coefficient (Wildman–Crippen LogP) is 5.76. The summed E-state index contributed by atoms with van der Waals surface area (Å²) in [4.78, 5) is 8.65. The Bertz CT molecular complexity index is 1200. The van der Waals surface area contributed by atoms with Crippen LogP contribution in [0.3, 0.4) is 0 Å². The van der Waals surface area contributed by atoms with Crippen LogP contribution in [0.5, 0.6) is 0 Å². The molecule has 0 spiro atoms. The third kappa shape index (κ3) is 5.89. The van der Waals surface area contributed by atoms with Gasteiger partial charge in [0.15, 0.2) is 0 Å². The molecule has 5 rings (SSSR count). The fraction of sp³-hybridized carbons (Fsp3) is 0.519. The maximum Gasteiger partial charge on any atom is 0.418 e. The van der Waals surface area contributed by atoms with Crippen molar-refractivity contribution >= 4 is 17.3 Å². The van der Waals surface area contributed by atoms with Crippen LogP contribution >= 0.6 is 0 Å². The monoisotopic (exact) mass is 513 g/mol. The molecule has 37 heavy (non-hydrogen) atoms. The minimum Gasteiger partial charge on any atom is -0.379 e. The van der Waals surface area contributed by atoms with Gasteiger partial charge in [0.25, 0.3) is 0 Å². The molecule has 2 aromatic heterocycles. The number of benzene rings is 1. The van der Waals surface area contributed by atoms with E-state index in [4.69, 9.17) is 0 Å². The van der Waals surface area contributed by atoms with Crippen molar-refractivity contribution in [3.8, 4) is 0 Å². The highest BCUT2D eigenvalue weighted by Gasteiger charge is 2.35. The molecule has 2 aliphatic rings. The number of likely N-dealkylation sites (tertiary alicyclic amines) is 1. The molecule has 0 amide bonds. The van der Waals surface area contributed by atoms with Crippen LogP contribution in [0.4, 0.5) is 30.5 Å². The molecule has 10 heteroatoms. The van der Waals surface area contributed by atoms with Crippen molar-refractivity contribution < 1.29 is 13.2 Å². The average Bonchev–Trinajstić information content (AvgIpc) is 3.25. The van der Waals surface area contributed by atoms with Gasteiger partial charge in [0.2, 0.25) is 5.95 Å². The van der Waals surface area contributed by atoms with Gasteiger partial charge in [-0.25, -0.2) is 0 Å². The predicted molar refractivity (Wildman–Crippen MR) is 137 cm³/mol. The molecule has 7 nitrogen and oxygen atoms in total. The minimum absolute atomic E-state index is 0.00202. The van der Waals surface area contributed by atoms with Crippen molar-refractivity contribution in [2.75, 3.05) is 23.3 Å². The number of halogens is 3. The molecule has 3 aromatic rings. The lowest BCUT2D eigenvalue weighted by molar-refractivity contribution is -0.138. The first-order valence-corrected chi connectivity index (χ1v) is 13.0. The van der Waals surface area contributed by atoms with Gasteiger partial charge in [-0.1, -0.05) is 13.0 Å². The van der Waals surface area contributed by atoms with E-state index >= 15 is 0 Å². The van der Waals surface area contributed by atoms with Gasteiger partial charge >= 0.3 is 6.18 Å². The lowest BCUT2D eigenvalue weighted by Crippen LogP contribution is -2.38. The molecule has 1 saturated carbocycles. The van der Waals surface area contributed by atoms with E-state index in [2.05, 4.69) is 37.2 Å². The first kappa shape index (κ1) is 25.5. The summed E-state index contributed by atoms with van der Waals surface area (Å²) in [5.74, 6) is 1.32. The van der Waals surface area contributed by atoms with Gasteiger partial charge in [-0.3, -0.25) is 9.88 Å². The summed E-state index contributed by atoms with van der Waals surface area (Å²) in [6.07, 6.45) is 4.33. The van der Waals surface area contributed by atoms with Gasteiger partial charge in [-0.2, -0.15) is 13.2 Å². The van der Waals surface area contributed by atoms with E-state index in [1.54, 1.807) is 12.5 Å². The molecule has 0 unspecified atom stereocenters. The van der Waals surface area contributed by atoms with Gasteiger partial charge < -0.3 is 14.8 Å². The van der Waals surface area contributed by atoms with Crippen LogP contribution in [0, 0.1) is 5.92 Å². The molecule has 3 heterocycles. The number of aromatic nitrogens is 4. The highest BCUT2D eigenvalue weighted by Crippen LogP contribution is 2.36. The number of alkyl halides is 3. The van der Waals surface area contributed by atoms with Crippen molar-refractivity contribution in [2.24, 2.45) is 13.0 Å². The van der Waals surface area contributed by atoms with Gasteiger partial charge in [-0.15, -0.1) is 10.2 Å². The second kappa shape index (κ2) is 10.7. The highest BCUT2D eigenvalue weighted by atomic mass is 19.4. The normalized spacial score (nSPS) is 19.0. The second-order valence-electron chi connectivity index (χ2n) is 10.4. The summed E-state index contributed by atoms with van der Waals surface area (Å²) in [6, 6.07) is 9.30. The van der Waals surface area contributed by atoms with Crippen LogP contribution in [-0.4, -0.2) is 43.8 Å². The number of piperidine rings is 1. The Kier molecular flexibility index (Phi) is 7.37. The van der Waals surface area contributed by atoms with Crippen molar-refractivity contribution in [3.63, 3.8) is 0 Å². The summed E-state index contributed by atoms with van der Waals surface area (Å²) in [6.45, 7) is 4.49. The molecular formula is C27H34F3N7. The fourth-order valence-corrected chi connectivity index (χ4v) is 5.28. The van der Waals surface area contributed by atoms with Gasteiger partial charge in [0.1, 0.15) is 6.33 Å². The lowest BCUT2D eigenvalue weighted by atomic mass is 9.91. The Hall–Kier alpha value is -3.14. The summed E-state index contributed by atoms with van der Waals surface area (Å²) >= 11 is 0. The Morgan fingerprint density at radius 3 is 2.65 bits per heavy atom. The summed E-state index contributed by atoms with van der Waals surface area (Å²) < 4.78 is 43.9. The van der Waals surface area contributed by atoms with E-state index in [0.717, 1.165) is 56.1 Å². The number of rotatable bonds is 8. The Labute approximate surface area is 215 Å². The largest absolute Gasteiger partial charge is 0.418 e. The Morgan fingerprint density at radius 1 is 1.14 bits per heavy atom. The molecule has 1 aromatic carbocycles. The third-order valence-corrected chi connectivity index (χ3v) is 7.41. The topological polar surface area (TPSA) is 62.1 Å². The number of hydrogen-bond acceptors (Lipinski definition) is 6. The maximum absolute atomic E-state index is 14.0. The highest BCUT2D eigenvalue weighted by molar-refractivity contribution is 5.65. The molecule has 2 fully saturated rings. The number of nitrogens with one attached hydrogen (secondary N) is 1. The standard InChI is InChI=1S/C27H34F3N7/c1-19-6-5-11-36(16-19)17-20-12-24(27(28,29)30)25(32-14-20)15-31-21-7-3-10-23(13-21)37(22-8-4-9-22)26-34-33-18-35(26)2/h3,7,10,12-14,18-19,22,31H,4-6,8-9,11,15-17H2,1-2H3/t19-/m0/s1. The molecule has 1 aliphatic carbocycles. The molecular weight excluding hydrogens is 479 g/mol. The number of aryl methyl sites for hydroxylation is 1. The van der Waals surface area contributed by atoms with Crippen molar-refractivity contribution in [3.05, 3.63) is 59.7 Å². The van der Waals surface area contributed by atoms with Crippen LogP contribution in [0.2, 0.25) is 0 Å². The zero-order valence-corrected chi connectivity index (χ0v) is 21.4. The molecule has 0 radical (unpaired) electrons. The van der Waals surface area contributed by atoms with Crippen molar-refractivity contribution in [1.29, 1.82) is 0 Å². The van der Waals surface area contributed by atoms with Crippen LogP contribution in [-0.2, 0) is 26.3 Å². The van der Waals surface area contributed by atoms with Gasteiger partial charge in [0, 0.05) is 43.8 Å². The zero-order valence-electron chi connectivity index (χ0n) is 21.4. The summed E-state index contributed by atoms with van der Waals surface area (Å²) in [5, 5.41) is 11.5. The zero-order chi connectivity index (χ0) is 26.0. The van der Waals surface area contributed by atoms with Gasteiger partial charge in [-0.05, 0) is 74.4 Å². The molecule has 1 atom stereocenters. The minimum atomic E-state index is -4.47. The smallest absolute Gasteiger partial charge is 0.379 e.